The molecule has 1 aromatic carbocycles. The molecule has 0 amide bonds. The molecule has 0 bridgehead atoms. The van der Waals surface area contributed by atoms with Crippen molar-refractivity contribution in [2.75, 3.05) is 24.7 Å². The van der Waals surface area contributed by atoms with E-state index >= 15 is 0 Å². The summed E-state index contributed by atoms with van der Waals surface area (Å²) in [6.07, 6.45) is 1.06. The Labute approximate surface area is 136 Å². The van der Waals surface area contributed by atoms with Gasteiger partial charge in [-0.05, 0) is 24.6 Å². The van der Waals surface area contributed by atoms with Crippen LogP contribution >= 0.6 is 23.1 Å². The van der Waals surface area contributed by atoms with E-state index in [1.807, 2.05) is 0 Å². The molecule has 0 radical (unpaired) electrons. The highest BCUT2D eigenvalue weighted by Gasteiger charge is 2.11. The lowest BCUT2D eigenvalue weighted by atomic mass is 10.1. The van der Waals surface area contributed by atoms with Crippen molar-refractivity contribution in [1.82, 2.24) is 10.2 Å². The van der Waals surface area contributed by atoms with E-state index in [0.29, 0.717) is 5.13 Å². The van der Waals surface area contributed by atoms with E-state index in [1.165, 1.54) is 36.6 Å². The molecule has 2 aromatic rings. The highest BCUT2D eigenvalue weighted by Crippen LogP contribution is 2.25. The topological polar surface area (TPSA) is 64.1 Å². The van der Waals surface area contributed by atoms with Crippen LogP contribution in [0.4, 0.5) is 9.52 Å². The van der Waals surface area contributed by atoms with Gasteiger partial charge in [0.15, 0.2) is 21.7 Å². The molecular weight excluding hydrogens is 325 g/mol. The average Bonchev–Trinajstić information content (AvgIpc) is 2.98. The van der Waals surface area contributed by atoms with Crippen molar-refractivity contribution in [2.45, 2.75) is 17.7 Å². The summed E-state index contributed by atoms with van der Waals surface area (Å²) in [5.41, 5.74) is 0.288. The zero-order chi connectivity index (χ0) is 15.9. The van der Waals surface area contributed by atoms with Crippen molar-refractivity contribution in [3.8, 4) is 5.75 Å². The van der Waals surface area contributed by atoms with Crippen molar-refractivity contribution >= 4 is 34.0 Å². The van der Waals surface area contributed by atoms with Crippen molar-refractivity contribution < 1.29 is 13.9 Å². The van der Waals surface area contributed by atoms with E-state index in [1.54, 1.807) is 11.8 Å². The number of nitrogens with zero attached hydrogens (tertiary/aromatic N) is 2. The van der Waals surface area contributed by atoms with Crippen LogP contribution in [0.25, 0.3) is 0 Å². The summed E-state index contributed by atoms with van der Waals surface area (Å²) in [6, 6.07) is 4.15. The summed E-state index contributed by atoms with van der Waals surface area (Å²) in [4.78, 5) is 12.0. The van der Waals surface area contributed by atoms with E-state index in [4.69, 9.17) is 4.74 Å². The molecule has 0 aliphatic carbocycles. The van der Waals surface area contributed by atoms with Gasteiger partial charge in [-0.15, -0.1) is 10.2 Å². The van der Waals surface area contributed by atoms with Crippen LogP contribution in [-0.4, -0.2) is 35.4 Å². The summed E-state index contributed by atoms with van der Waals surface area (Å²) in [5, 5.41) is 11.5. The number of nitrogens with one attached hydrogen (secondary N) is 1. The van der Waals surface area contributed by atoms with Gasteiger partial charge in [0.25, 0.3) is 0 Å². The van der Waals surface area contributed by atoms with Crippen molar-refractivity contribution in [1.29, 1.82) is 0 Å². The number of aromatic nitrogens is 2. The molecule has 1 N–H and O–H groups in total. The Morgan fingerprint density at radius 3 is 2.95 bits per heavy atom. The summed E-state index contributed by atoms with van der Waals surface area (Å²) in [6.45, 7) is 2.14. The van der Waals surface area contributed by atoms with Gasteiger partial charge in [0.05, 0.1) is 13.7 Å². The van der Waals surface area contributed by atoms with Crippen molar-refractivity contribution in [3.63, 3.8) is 0 Å². The standard InChI is InChI=1S/C14H16FN3O2S2/c1-3-6-21-14-18-17-13(22-14)16-8-11(19)9-4-5-12(20-2)10(15)7-9/h4-5,7H,3,6,8H2,1-2H3,(H,16,17). The fourth-order valence-electron chi connectivity index (χ4n) is 1.63. The number of carbonyl (C=O) groups is 1. The molecule has 0 unspecified atom stereocenters. The zero-order valence-electron chi connectivity index (χ0n) is 12.3. The number of carbonyl (C=O) groups excluding carboxylic acids is 1. The van der Waals surface area contributed by atoms with E-state index in [2.05, 4.69) is 22.4 Å². The summed E-state index contributed by atoms with van der Waals surface area (Å²) >= 11 is 3.04. The molecule has 1 aromatic heterocycles. The molecule has 0 saturated carbocycles. The largest absolute Gasteiger partial charge is 0.494 e. The maximum Gasteiger partial charge on any atom is 0.206 e. The predicted molar refractivity (Wildman–Crippen MR) is 86.7 cm³/mol. The minimum atomic E-state index is -0.553. The molecule has 22 heavy (non-hydrogen) atoms. The lowest BCUT2D eigenvalue weighted by molar-refractivity contribution is 0.101. The molecular formula is C14H16FN3O2S2. The van der Waals surface area contributed by atoms with Gasteiger partial charge in [-0.1, -0.05) is 30.0 Å². The van der Waals surface area contributed by atoms with E-state index in [0.717, 1.165) is 16.5 Å². The molecule has 1 heterocycles. The van der Waals surface area contributed by atoms with Crippen LogP contribution in [0.3, 0.4) is 0 Å². The number of Topliss-reactive ketones (excluding diaryl/α,β-unsaturated/α-hetero) is 1. The second-order valence-corrected chi connectivity index (χ2v) is 6.67. The number of hydrogen-bond acceptors (Lipinski definition) is 7. The number of ketones is 1. The van der Waals surface area contributed by atoms with Crippen LogP contribution in [-0.2, 0) is 0 Å². The Morgan fingerprint density at radius 1 is 1.45 bits per heavy atom. The third kappa shape index (κ3) is 4.41. The fourth-order valence-corrected chi connectivity index (χ4v) is 3.30. The number of thioether (sulfide) groups is 1. The van der Waals surface area contributed by atoms with Crippen LogP contribution in [0.2, 0.25) is 0 Å². The highest BCUT2D eigenvalue weighted by atomic mass is 32.2. The maximum atomic E-state index is 13.6. The minimum absolute atomic E-state index is 0.0405. The number of ether oxygens (including phenoxy) is 1. The molecule has 0 saturated heterocycles. The first-order valence-corrected chi connectivity index (χ1v) is 8.51. The molecule has 2 rings (SSSR count). The quantitative estimate of drug-likeness (QED) is 0.586. The number of anilines is 1. The SMILES string of the molecule is CCCSc1nnc(NCC(=O)c2ccc(OC)c(F)c2)s1. The van der Waals surface area contributed by atoms with Gasteiger partial charge in [-0.2, -0.15) is 0 Å². The number of hydrogen-bond donors (Lipinski definition) is 1. The normalized spacial score (nSPS) is 10.5. The third-order valence-corrected chi connectivity index (χ3v) is 4.93. The van der Waals surface area contributed by atoms with E-state index < -0.39 is 5.82 Å². The Morgan fingerprint density at radius 2 is 2.27 bits per heavy atom. The van der Waals surface area contributed by atoms with Crippen LogP contribution in [0, 0.1) is 5.82 Å². The molecule has 0 fully saturated rings. The number of halogens is 1. The van der Waals surface area contributed by atoms with Gasteiger partial charge in [0.2, 0.25) is 5.13 Å². The Kier molecular flexibility index (Phi) is 6.14. The second-order valence-electron chi connectivity index (χ2n) is 4.35. The van der Waals surface area contributed by atoms with Crippen LogP contribution in [0.15, 0.2) is 22.5 Å². The summed E-state index contributed by atoms with van der Waals surface area (Å²) < 4.78 is 19.3. The Balaban J connectivity index is 1.92. The second kappa shape index (κ2) is 8.09. The zero-order valence-corrected chi connectivity index (χ0v) is 13.9. The lowest BCUT2D eigenvalue weighted by Gasteiger charge is -2.05. The average molecular weight is 341 g/mol. The Hall–Kier alpha value is -1.67. The van der Waals surface area contributed by atoms with Gasteiger partial charge in [-0.25, -0.2) is 4.39 Å². The van der Waals surface area contributed by atoms with Crippen molar-refractivity contribution in [2.24, 2.45) is 0 Å². The predicted octanol–water partition coefficient (Wildman–Crippen LogP) is 3.48. The minimum Gasteiger partial charge on any atom is -0.494 e. The third-order valence-electron chi connectivity index (χ3n) is 2.71. The first kappa shape index (κ1) is 16.7. The van der Waals surface area contributed by atoms with Gasteiger partial charge >= 0.3 is 0 Å². The number of rotatable bonds is 8. The van der Waals surface area contributed by atoms with Gasteiger partial charge in [0, 0.05) is 11.3 Å². The Bertz CT molecular complexity index is 649. The first-order valence-electron chi connectivity index (χ1n) is 6.71. The monoisotopic (exact) mass is 341 g/mol. The van der Waals surface area contributed by atoms with Gasteiger partial charge in [-0.3, -0.25) is 4.79 Å². The number of benzene rings is 1. The molecule has 0 spiro atoms. The molecule has 0 aliphatic rings. The van der Waals surface area contributed by atoms with E-state index in [9.17, 15) is 9.18 Å². The number of methoxy groups -OCH3 is 1. The smallest absolute Gasteiger partial charge is 0.206 e. The van der Waals surface area contributed by atoms with Crippen LogP contribution < -0.4 is 10.1 Å². The highest BCUT2D eigenvalue weighted by molar-refractivity contribution is 8.01. The molecule has 0 aliphatic heterocycles. The summed E-state index contributed by atoms with van der Waals surface area (Å²) in [5.74, 6) is 0.326. The van der Waals surface area contributed by atoms with Gasteiger partial charge < -0.3 is 10.1 Å². The molecule has 5 nitrogen and oxygen atoms in total. The maximum absolute atomic E-state index is 13.6. The lowest BCUT2D eigenvalue weighted by Crippen LogP contribution is -2.14. The van der Waals surface area contributed by atoms with Gasteiger partial charge in [0.1, 0.15) is 0 Å². The molecule has 118 valence electrons. The molecule has 8 heteroatoms. The first-order chi connectivity index (χ1) is 10.6. The summed E-state index contributed by atoms with van der Waals surface area (Å²) in [7, 11) is 1.38. The van der Waals surface area contributed by atoms with Crippen LogP contribution in [0.1, 0.15) is 23.7 Å². The van der Waals surface area contributed by atoms with E-state index in [-0.39, 0.29) is 23.6 Å². The molecule has 0 atom stereocenters. The van der Waals surface area contributed by atoms with Crippen molar-refractivity contribution in [3.05, 3.63) is 29.6 Å². The van der Waals surface area contributed by atoms with Crippen LogP contribution in [0.5, 0.6) is 5.75 Å². The fraction of sp³-hybridized carbons (Fsp3) is 0.357.